The Labute approximate surface area is 240 Å². The fourth-order valence-corrected chi connectivity index (χ4v) is 7.42. The molecular weight excluding hydrogens is 518 g/mol. The van der Waals surface area contributed by atoms with Gasteiger partial charge in [-0.25, -0.2) is 4.98 Å². The Hall–Kier alpha value is -5.19. The predicted octanol–water partition coefficient (Wildman–Crippen LogP) is 10.2. The van der Waals surface area contributed by atoms with Crippen LogP contribution in [0.3, 0.4) is 0 Å². The molecule has 9 aromatic rings. The van der Waals surface area contributed by atoms with Gasteiger partial charge in [0.25, 0.3) is 0 Å². The van der Waals surface area contributed by atoms with E-state index in [1.54, 1.807) is 0 Å². The highest BCUT2D eigenvalue weighted by molar-refractivity contribution is 7.18. The number of thiophene rings is 1. The molecule has 3 aromatic heterocycles. The van der Waals surface area contributed by atoms with Crippen molar-refractivity contribution in [2.24, 2.45) is 0 Å². The minimum atomic E-state index is 0.942. The number of rotatable bonds is 3. The lowest BCUT2D eigenvalue weighted by molar-refractivity contribution is 1.10. The molecule has 0 aliphatic heterocycles. The van der Waals surface area contributed by atoms with Crippen molar-refractivity contribution in [2.75, 3.05) is 0 Å². The van der Waals surface area contributed by atoms with E-state index in [1.165, 1.54) is 42.7 Å². The first-order chi connectivity index (χ1) is 20.4. The van der Waals surface area contributed by atoms with E-state index in [0.29, 0.717) is 0 Å². The summed E-state index contributed by atoms with van der Waals surface area (Å²) < 4.78 is 6.05. The summed E-state index contributed by atoms with van der Waals surface area (Å²) in [6.07, 6.45) is 0. The Morgan fingerprint density at radius 1 is 0.488 bits per heavy atom. The van der Waals surface area contributed by atoms with Gasteiger partial charge in [-0.1, -0.05) is 72.8 Å². The summed E-state index contributed by atoms with van der Waals surface area (Å²) in [6, 6.07) is 47.6. The van der Waals surface area contributed by atoms with Gasteiger partial charge in [-0.05, 0) is 71.4 Å². The zero-order chi connectivity index (χ0) is 26.9. The number of nitrogens with zero attached hydrogens (tertiary/aromatic N) is 3. The summed E-state index contributed by atoms with van der Waals surface area (Å²) in [5.74, 6) is 0.942. The van der Waals surface area contributed by atoms with Crippen LogP contribution in [0.5, 0.6) is 0 Å². The van der Waals surface area contributed by atoms with E-state index in [1.807, 2.05) is 11.3 Å². The van der Waals surface area contributed by atoms with Gasteiger partial charge in [-0.3, -0.25) is 4.57 Å². The molecule has 0 bridgehead atoms. The molecule has 0 saturated carbocycles. The first-order valence-electron chi connectivity index (χ1n) is 13.8. The molecule has 6 aromatic carbocycles. The Balaban J connectivity index is 1.31. The second-order valence-electron chi connectivity index (χ2n) is 10.4. The van der Waals surface area contributed by atoms with Crippen molar-refractivity contribution >= 4 is 65.0 Å². The zero-order valence-corrected chi connectivity index (χ0v) is 22.8. The molecule has 0 N–H and O–H groups in total. The quantitative estimate of drug-likeness (QED) is 0.218. The number of aromatic nitrogens is 3. The van der Waals surface area contributed by atoms with E-state index in [9.17, 15) is 0 Å². The molecule has 0 aliphatic carbocycles. The maximum atomic E-state index is 5.08. The highest BCUT2D eigenvalue weighted by atomic mass is 32.1. The van der Waals surface area contributed by atoms with Crippen LogP contribution in [0.2, 0.25) is 0 Å². The van der Waals surface area contributed by atoms with Crippen LogP contribution in [0.1, 0.15) is 0 Å². The summed E-state index contributed by atoms with van der Waals surface area (Å²) in [7, 11) is 0. The number of imidazole rings is 1. The van der Waals surface area contributed by atoms with Crippen molar-refractivity contribution in [1.29, 1.82) is 0 Å². The summed E-state index contributed by atoms with van der Waals surface area (Å²) in [4.78, 5) is 5.08. The van der Waals surface area contributed by atoms with Crippen LogP contribution in [0.15, 0.2) is 139 Å². The average molecular weight is 542 g/mol. The third-order valence-electron chi connectivity index (χ3n) is 8.20. The van der Waals surface area contributed by atoms with Crippen molar-refractivity contribution in [3.8, 4) is 22.8 Å². The summed E-state index contributed by atoms with van der Waals surface area (Å²) in [6.45, 7) is 0. The number of para-hydroxylation sites is 4. The van der Waals surface area contributed by atoms with E-state index < -0.39 is 0 Å². The van der Waals surface area contributed by atoms with Crippen molar-refractivity contribution in [3.63, 3.8) is 0 Å². The Kier molecular flexibility index (Phi) is 4.77. The second-order valence-corrected chi connectivity index (χ2v) is 11.3. The number of benzene rings is 6. The third-order valence-corrected chi connectivity index (χ3v) is 9.13. The van der Waals surface area contributed by atoms with Gasteiger partial charge in [0.2, 0.25) is 0 Å². The molecule has 0 amide bonds. The molecule has 0 fully saturated rings. The average Bonchev–Trinajstić information content (AvgIpc) is 3.76. The van der Waals surface area contributed by atoms with Crippen LogP contribution in [-0.2, 0) is 0 Å². The minimum absolute atomic E-state index is 0.942. The fraction of sp³-hybridized carbons (Fsp3) is 0. The SMILES string of the molecule is c1ccc(-n2c(-c3ccc(-n4c5ccccc5c5c6sccc6c6ccccc6c54)cc3)nc3ccccc32)cc1. The molecule has 0 saturated heterocycles. The van der Waals surface area contributed by atoms with Crippen molar-refractivity contribution in [3.05, 3.63) is 139 Å². The maximum absolute atomic E-state index is 5.08. The third kappa shape index (κ3) is 3.22. The van der Waals surface area contributed by atoms with Crippen LogP contribution in [0.25, 0.3) is 76.5 Å². The van der Waals surface area contributed by atoms with Gasteiger partial charge in [-0.2, -0.15) is 0 Å². The summed E-state index contributed by atoms with van der Waals surface area (Å²) in [5.41, 5.74) is 7.91. The molecule has 41 heavy (non-hydrogen) atoms. The van der Waals surface area contributed by atoms with Gasteiger partial charge in [0.05, 0.1) is 22.1 Å². The first-order valence-corrected chi connectivity index (χ1v) is 14.7. The first kappa shape index (κ1) is 22.6. The van der Waals surface area contributed by atoms with Gasteiger partial charge in [0, 0.05) is 43.2 Å². The van der Waals surface area contributed by atoms with Crippen LogP contribution < -0.4 is 0 Å². The van der Waals surface area contributed by atoms with Crippen LogP contribution in [0.4, 0.5) is 0 Å². The second kappa shape index (κ2) is 8.65. The van der Waals surface area contributed by atoms with Gasteiger partial charge in [0.1, 0.15) is 5.82 Å². The summed E-state index contributed by atoms with van der Waals surface area (Å²) in [5, 5.41) is 8.75. The van der Waals surface area contributed by atoms with E-state index in [-0.39, 0.29) is 0 Å². The highest BCUT2D eigenvalue weighted by Crippen LogP contribution is 2.44. The molecule has 0 unspecified atom stereocenters. The lowest BCUT2D eigenvalue weighted by Gasteiger charge is -2.13. The minimum Gasteiger partial charge on any atom is -0.309 e. The largest absolute Gasteiger partial charge is 0.309 e. The van der Waals surface area contributed by atoms with E-state index >= 15 is 0 Å². The standard InChI is InChI=1S/C37H23N3S/c1-2-10-25(11-3-1)40-33-17-9-7-15-31(33)38-37(40)24-18-20-26(21-19-24)39-32-16-8-6-14-30(32)34-35(39)28-13-5-4-12-27(28)29-22-23-41-36(29)34/h1-23H. The molecule has 0 atom stereocenters. The Morgan fingerprint density at radius 3 is 1.98 bits per heavy atom. The van der Waals surface area contributed by atoms with Gasteiger partial charge in [-0.15, -0.1) is 11.3 Å². The summed E-state index contributed by atoms with van der Waals surface area (Å²) >= 11 is 1.83. The van der Waals surface area contributed by atoms with E-state index in [4.69, 9.17) is 4.98 Å². The lowest BCUT2D eigenvalue weighted by Crippen LogP contribution is -1.98. The molecule has 3 heterocycles. The van der Waals surface area contributed by atoms with Crippen LogP contribution in [0, 0.1) is 0 Å². The Morgan fingerprint density at radius 2 is 1.15 bits per heavy atom. The smallest absolute Gasteiger partial charge is 0.145 e. The zero-order valence-electron chi connectivity index (χ0n) is 22.0. The van der Waals surface area contributed by atoms with Gasteiger partial charge < -0.3 is 4.57 Å². The van der Waals surface area contributed by atoms with E-state index in [2.05, 4.69) is 148 Å². The van der Waals surface area contributed by atoms with Crippen molar-refractivity contribution in [2.45, 2.75) is 0 Å². The lowest BCUT2D eigenvalue weighted by atomic mass is 10.0. The molecular formula is C37H23N3S. The van der Waals surface area contributed by atoms with Crippen LogP contribution >= 0.6 is 11.3 Å². The molecule has 3 nitrogen and oxygen atoms in total. The van der Waals surface area contributed by atoms with Crippen LogP contribution in [-0.4, -0.2) is 14.1 Å². The molecule has 0 radical (unpaired) electrons. The fourth-order valence-electron chi connectivity index (χ4n) is 6.45. The van der Waals surface area contributed by atoms with Crippen molar-refractivity contribution < 1.29 is 0 Å². The van der Waals surface area contributed by atoms with Gasteiger partial charge >= 0.3 is 0 Å². The normalized spacial score (nSPS) is 11.9. The predicted molar refractivity (Wildman–Crippen MR) is 174 cm³/mol. The van der Waals surface area contributed by atoms with Gasteiger partial charge in [0.15, 0.2) is 0 Å². The highest BCUT2D eigenvalue weighted by Gasteiger charge is 2.20. The number of hydrogen-bond acceptors (Lipinski definition) is 2. The molecule has 9 rings (SSSR count). The molecule has 0 aliphatic rings. The Bertz CT molecular complexity index is 2410. The number of fused-ring (bicyclic) bond motifs is 9. The molecule has 0 spiro atoms. The molecule has 192 valence electrons. The maximum Gasteiger partial charge on any atom is 0.145 e. The topological polar surface area (TPSA) is 22.8 Å². The monoisotopic (exact) mass is 541 g/mol. The van der Waals surface area contributed by atoms with E-state index in [0.717, 1.165) is 33.8 Å². The number of hydrogen-bond donors (Lipinski definition) is 0. The molecule has 4 heteroatoms. The van der Waals surface area contributed by atoms with Crippen molar-refractivity contribution in [1.82, 2.24) is 14.1 Å².